The molecule has 0 saturated carbocycles. The van der Waals surface area contributed by atoms with Gasteiger partial charge < -0.3 is 14.5 Å². The number of para-hydroxylation sites is 1. The minimum atomic E-state index is -0.430. The molecule has 1 N–H and O–H groups in total. The van der Waals surface area contributed by atoms with Crippen LogP contribution < -0.4 is 10.9 Å². The fourth-order valence-corrected chi connectivity index (χ4v) is 1.62. The second kappa shape index (κ2) is 5.99. The molecule has 6 heteroatoms. The van der Waals surface area contributed by atoms with Gasteiger partial charge in [0.25, 0.3) is 6.01 Å². The van der Waals surface area contributed by atoms with Crippen molar-refractivity contribution in [3.63, 3.8) is 0 Å². The lowest BCUT2D eigenvalue weighted by Crippen LogP contribution is -2.10. The number of methoxy groups -OCH3 is 1. The molecule has 0 aliphatic carbocycles. The molecule has 2 rings (SSSR count). The molecular weight excluding hydrogens is 248 g/mol. The normalized spacial score (nSPS) is 10.4. The third kappa shape index (κ3) is 3.31. The van der Waals surface area contributed by atoms with Crippen molar-refractivity contribution in [1.29, 1.82) is 0 Å². The first-order chi connectivity index (χ1) is 9.20. The second-order valence-electron chi connectivity index (χ2n) is 3.93. The number of hydrogen-bond donors (Lipinski definition) is 1. The summed E-state index contributed by atoms with van der Waals surface area (Å²) in [5, 5.41) is 3.32. The number of hydrogen-bond acceptors (Lipinski definition) is 6. The molecule has 19 heavy (non-hydrogen) atoms. The smallest absolute Gasteiger partial charge is 0.348 e. The van der Waals surface area contributed by atoms with Crippen LogP contribution in [0.1, 0.15) is 12.8 Å². The Morgan fingerprint density at radius 3 is 3.00 bits per heavy atom. The summed E-state index contributed by atoms with van der Waals surface area (Å²) in [5.74, 6) is -0.269. The first-order valence-corrected chi connectivity index (χ1v) is 5.91. The molecule has 2 aromatic rings. The van der Waals surface area contributed by atoms with E-state index in [1.165, 1.54) is 7.11 Å². The number of carbonyl (C=O) groups excluding carboxylic acids is 1. The lowest BCUT2D eigenvalue weighted by atomic mass is 10.2. The molecule has 100 valence electrons. The first kappa shape index (κ1) is 13.1. The highest BCUT2D eigenvalue weighted by Gasteiger charge is 2.05. The van der Waals surface area contributed by atoms with Crippen LogP contribution in [0.2, 0.25) is 0 Å². The van der Waals surface area contributed by atoms with Gasteiger partial charge in [-0.15, -0.1) is 0 Å². The van der Waals surface area contributed by atoms with Crippen molar-refractivity contribution < 1.29 is 13.9 Å². The minimum Gasteiger partial charge on any atom is -0.469 e. The van der Waals surface area contributed by atoms with Gasteiger partial charge in [0.05, 0.1) is 18.0 Å². The predicted octanol–water partition coefficient (Wildman–Crippen LogP) is 1.55. The number of anilines is 1. The minimum absolute atomic E-state index is 0.161. The largest absolute Gasteiger partial charge is 0.469 e. The Kier molecular flexibility index (Phi) is 4.12. The summed E-state index contributed by atoms with van der Waals surface area (Å²) in [4.78, 5) is 26.8. The highest BCUT2D eigenvalue weighted by Crippen LogP contribution is 2.10. The number of aromatic nitrogens is 1. The molecular formula is C13H14N2O4. The number of carbonyl (C=O) groups is 1. The van der Waals surface area contributed by atoms with Crippen molar-refractivity contribution >= 4 is 22.9 Å². The van der Waals surface area contributed by atoms with E-state index in [9.17, 15) is 9.59 Å². The monoisotopic (exact) mass is 262 g/mol. The summed E-state index contributed by atoms with van der Waals surface area (Å²) in [6.07, 6.45) is 0.881. The van der Waals surface area contributed by atoms with Crippen LogP contribution in [0.25, 0.3) is 10.9 Å². The van der Waals surface area contributed by atoms with E-state index < -0.39 is 5.63 Å². The number of benzene rings is 1. The average molecular weight is 262 g/mol. The van der Waals surface area contributed by atoms with Gasteiger partial charge in [-0.3, -0.25) is 4.79 Å². The van der Waals surface area contributed by atoms with Crippen LogP contribution >= 0.6 is 0 Å². The molecule has 0 radical (unpaired) electrons. The molecule has 1 heterocycles. The number of esters is 1. The van der Waals surface area contributed by atoms with Crippen LogP contribution in [0, 0.1) is 0 Å². The topological polar surface area (TPSA) is 81.4 Å². The summed E-state index contributed by atoms with van der Waals surface area (Å²) in [6, 6.07) is 7.12. The quantitative estimate of drug-likeness (QED) is 0.650. The number of ether oxygens (including phenoxy) is 1. The van der Waals surface area contributed by atoms with E-state index in [1.807, 2.05) is 0 Å². The molecule has 0 amide bonds. The van der Waals surface area contributed by atoms with Crippen LogP contribution in [0.4, 0.5) is 6.01 Å². The van der Waals surface area contributed by atoms with Gasteiger partial charge in [-0.1, -0.05) is 12.1 Å². The van der Waals surface area contributed by atoms with Crippen molar-refractivity contribution in [2.45, 2.75) is 12.8 Å². The van der Waals surface area contributed by atoms with Gasteiger partial charge in [0.1, 0.15) is 0 Å². The third-order valence-corrected chi connectivity index (χ3v) is 2.60. The zero-order valence-corrected chi connectivity index (χ0v) is 10.5. The maximum absolute atomic E-state index is 11.7. The predicted molar refractivity (Wildman–Crippen MR) is 70.0 cm³/mol. The van der Waals surface area contributed by atoms with Gasteiger partial charge in [-0.05, 0) is 18.6 Å². The molecule has 0 spiro atoms. The van der Waals surface area contributed by atoms with Crippen LogP contribution in [0.3, 0.4) is 0 Å². The summed E-state index contributed by atoms with van der Waals surface area (Å²) >= 11 is 0. The van der Waals surface area contributed by atoms with Crippen LogP contribution in [-0.4, -0.2) is 24.6 Å². The average Bonchev–Trinajstić information content (AvgIpc) is 2.43. The number of nitrogens with one attached hydrogen (secondary N) is 1. The zero-order valence-electron chi connectivity index (χ0n) is 10.5. The van der Waals surface area contributed by atoms with Crippen molar-refractivity contribution in [1.82, 2.24) is 4.98 Å². The van der Waals surface area contributed by atoms with Gasteiger partial charge in [0, 0.05) is 13.0 Å². The van der Waals surface area contributed by atoms with Gasteiger partial charge >= 0.3 is 11.6 Å². The van der Waals surface area contributed by atoms with E-state index in [2.05, 4.69) is 15.0 Å². The van der Waals surface area contributed by atoms with Crippen molar-refractivity contribution in [3.05, 3.63) is 34.7 Å². The molecule has 0 aliphatic rings. The number of nitrogens with zero attached hydrogens (tertiary/aromatic N) is 1. The lowest BCUT2D eigenvalue weighted by molar-refractivity contribution is -0.140. The Morgan fingerprint density at radius 2 is 2.21 bits per heavy atom. The van der Waals surface area contributed by atoms with Crippen LogP contribution in [-0.2, 0) is 9.53 Å². The zero-order chi connectivity index (χ0) is 13.7. The molecule has 1 aromatic heterocycles. The third-order valence-electron chi connectivity index (χ3n) is 2.60. The summed E-state index contributed by atoms with van der Waals surface area (Å²) in [6.45, 7) is 0.476. The number of fused-ring (bicyclic) bond motifs is 1. The van der Waals surface area contributed by atoms with Crippen molar-refractivity contribution in [3.8, 4) is 0 Å². The summed E-state index contributed by atoms with van der Waals surface area (Å²) in [7, 11) is 1.35. The van der Waals surface area contributed by atoms with Gasteiger partial charge in [0.2, 0.25) is 0 Å². The molecule has 1 aromatic carbocycles. The van der Waals surface area contributed by atoms with Crippen LogP contribution in [0.5, 0.6) is 0 Å². The highest BCUT2D eigenvalue weighted by molar-refractivity contribution is 5.77. The second-order valence-corrected chi connectivity index (χ2v) is 3.93. The molecule has 6 nitrogen and oxygen atoms in total. The summed E-state index contributed by atoms with van der Waals surface area (Å²) in [5.41, 5.74) is 0.148. The molecule has 0 unspecified atom stereocenters. The molecule has 0 atom stereocenters. The maximum Gasteiger partial charge on any atom is 0.348 e. The Balaban J connectivity index is 2.02. The first-order valence-electron chi connectivity index (χ1n) is 5.91. The lowest BCUT2D eigenvalue weighted by Gasteiger charge is -2.04. The fraction of sp³-hybridized carbons (Fsp3) is 0.308. The Labute approximate surface area is 109 Å². The van der Waals surface area contributed by atoms with E-state index in [4.69, 9.17) is 4.42 Å². The Bertz CT molecular complexity index is 636. The maximum atomic E-state index is 11.7. The molecule has 0 saturated heterocycles. The SMILES string of the molecule is COC(=O)CCCNc1nc2ccccc2c(=O)o1. The molecule has 0 fully saturated rings. The fourth-order valence-electron chi connectivity index (χ4n) is 1.62. The van der Waals surface area contributed by atoms with Gasteiger partial charge in [-0.25, -0.2) is 4.79 Å². The van der Waals surface area contributed by atoms with Crippen molar-refractivity contribution in [2.75, 3.05) is 19.0 Å². The Morgan fingerprint density at radius 1 is 1.42 bits per heavy atom. The number of rotatable bonds is 5. The molecule has 0 bridgehead atoms. The van der Waals surface area contributed by atoms with Crippen LogP contribution in [0.15, 0.2) is 33.5 Å². The molecule has 0 aliphatic heterocycles. The van der Waals surface area contributed by atoms with E-state index in [1.54, 1.807) is 24.3 Å². The van der Waals surface area contributed by atoms with E-state index >= 15 is 0 Å². The van der Waals surface area contributed by atoms with E-state index in [0.717, 1.165) is 0 Å². The Hall–Kier alpha value is -2.37. The highest BCUT2D eigenvalue weighted by atomic mass is 16.5. The summed E-state index contributed by atoms with van der Waals surface area (Å²) < 4.78 is 9.55. The van der Waals surface area contributed by atoms with Crippen molar-refractivity contribution in [2.24, 2.45) is 0 Å². The standard InChI is InChI=1S/C13H14N2O4/c1-18-11(16)7-4-8-14-13-15-10-6-3-2-5-9(10)12(17)19-13/h2-3,5-6H,4,7-8H2,1H3,(H,14,15). The van der Waals surface area contributed by atoms with E-state index in [-0.39, 0.29) is 12.0 Å². The van der Waals surface area contributed by atoms with Gasteiger partial charge in [0.15, 0.2) is 0 Å². The van der Waals surface area contributed by atoms with Gasteiger partial charge in [-0.2, -0.15) is 4.98 Å². The van der Waals surface area contributed by atoms with E-state index in [0.29, 0.717) is 30.3 Å².